The summed E-state index contributed by atoms with van der Waals surface area (Å²) in [5.74, 6) is -1.21. The standard InChI is InChI=1S/C24H37N3O4S/c1-18-12-13-19(2)22(17-18)32(30,31)27-16-8-7-11-21(27)14-15-25-23(28)24(29)26-20-9-5-3-4-6-10-20/h12-13,17,20-21H,3-11,14-16H2,1-2H3,(H,25,28)(H,26,29). The van der Waals surface area contributed by atoms with E-state index >= 15 is 0 Å². The third-order valence-corrected chi connectivity index (χ3v) is 8.76. The van der Waals surface area contributed by atoms with Crippen LogP contribution in [0.2, 0.25) is 0 Å². The fourth-order valence-electron chi connectivity index (χ4n) is 4.80. The van der Waals surface area contributed by atoms with Crippen LogP contribution in [0, 0.1) is 13.8 Å². The molecule has 0 bridgehead atoms. The fraction of sp³-hybridized carbons (Fsp3) is 0.667. The van der Waals surface area contributed by atoms with E-state index in [1.807, 2.05) is 26.0 Å². The highest BCUT2D eigenvalue weighted by atomic mass is 32.2. The molecule has 1 atom stereocenters. The van der Waals surface area contributed by atoms with Gasteiger partial charge in [0.15, 0.2) is 0 Å². The van der Waals surface area contributed by atoms with Crippen LogP contribution in [0.5, 0.6) is 0 Å². The molecular weight excluding hydrogens is 426 g/mol. The molecule has 8 heteroatoms. The lowest BCUT2D eigenvalue weighted by atomic mass is 10.0. The maximum atomic E-state index is 13.4. The molecule has 178 valence electrons. The predicted octanol–water partition coefficient (Wildman–Crippen LogP) is 3.19. The molecule has 1 aliphatic heterocycles. The van der Waals surface area contributed by atoms with Crippen LogP contribution in [0.3, 0.4) is 0 Å². The first kappa shape index (κ1) is 24.7. The number of carbonyl (C=O) groups excluding carboxylic acids is 2. The predicted molar refractivity (Wildman–Crippen MR) is 125 cm³/mol. The number of rotatable bonds is 6. The molecular formula is C24H37N3O4S. The van der Waals surface area contributed by atoms with E-state index < -0.39 is 21.8 Å². The molecule has 1 heterocycles. The zero-order valence-electron chi connectivity index (χ0n) is 19.4. The van der Waals surface area contributed by atoms with Gasteiger partial charge in [-0.2, -0.15) is 4.31 Å². The molecule has 2 fully saturated rings. The summed E-state index contributed by atoms with van der Waals surface area (Å²) in [6, 6.07) is 5.38. The second-order valence-electron chi connectivity index (χ2n) is 9.24. The van der Waals surface area contributed by atoms with E-state index in [0.29, 0.717) is 17.9 Å². The van der Waals surface area contributed by atoms with Crippen LogP contribution in [0.1, 0.15) is 75.3 Å². The Balaban J connectivity index is 1.56. The lowest BCUT2D eigenvalue weighted by Crippen LogP contribution is -2.47. The van der Waals surface area contributed by atoms with Crippen molar-refractivity contribution in [3.63, 3.8) is 0 Å². The van der Waals surface area contributed by atoms with Gasteiger partial charge < -0.3 is 10.6 Å². The number of aryl methyl sites for hydroxylation is 2. The van der Waals surface area contributed by atoms with Crippen molar-refractivity contribution in [1.29, 1.82) is 0 Å². The van der Waals surface area contributed by atoms with E-state index in [1.54, 1.807) is 10.4 Å². The maximum Gasteiger partial charge on any atom is 0.309 e. The number of nitrogens with zero attached hydrogens (tertiary/aromatic N) is 1. The average Bonchev–Trinajstić information content (AvgIpc) is 3.04. The van der Waals surface area contributed by atoms with Gasteiger partial charge in [0.2, 0.25) is 10.0 Å². The van der Waals surface area contributed by atoms with E-state index in [4.69, 9.17) is 0 Å². The van der Waals surface area contributed by atoms with Crippen LogP contribution in [0.15, 0.2) is 23.1 Å². The Labute approximate surface area is 192 Å². The van der Waals surface area contributed by atoms with Gasteiger partial charge in [-0.15, -0.1) is 0 Å². The van der Waals surface area contributed by atoms with Gasteiger partial charge in [0.25, 0.3) is 0 Å². The van der Waals surface area contributed by atoms with Crippen molar-refractivity contribution < 1.29 is 18.0 Å². The largest absolute Gasteiger partial charge is 0.348 e. The number of benzene rings is 1. The number of piperidine rings is 1. The summed E-state index contributed by atoms with van der Waals surface area (Å²) in [7, 11) is -3.61. The summed E-state index contributed by atoms with van der Waals surface area (Å²) in [6.07, 6.45) is 9.41. The number of hydrogen-bond acceptors (Lipinski definition) is 4. The van der Waals surface area contributed by atoms with Crippen LogP contribution in [0.4, 0.5) is 0 Å². The third kappa shape index (κ3) is 6.32. The highest BCUT2D eigenvalue weighted by Gasteiger charge is 2.34. The quantitative estimate of drug-likeness (QED) is 0.500. The van der Waals surface area contributed by atoms with Gasteiger partial charge >= 0.3 is 11.8 Å². The van der Waals surface area contributed by atoms with E-state index in [2.05, 4.69) is 10.6 Å². The number of carbonyl (C=O) groups is 2. The minimum Gasteiger partial charge on any atom is -0.348 e. The van der Waals surface area contributed by atoms with Gasteiger partial charge in [-0.25, -0.2) is 8.42 Å². The first-order chi connectivity index (χ1) is 15.3. The Morgan fingerprint density at radius 3 is 2.38 bits per heavy atom. The molecule has 1 aromatic carbocycles. The van der Waals surface area contributed by atoms with Crippen molar-refractivity contribution in [2.45, 2.75) is 95.0 Å². The van der Waals surface area contributed by atoms with Crippen LogP contribution in [0.25, 0.3) is 0 Å². The second-order valence-corrected chi connectivity index (χ2v) is 11.1. The van der Waals surface area contributed by atoms with E-state index in [0.717, 1.165) is 56.1 Å². The summed E-state index contributed by atoms with van der Waals surface area (Å²) in [6.45, 7) is 4.47. The summed E-state index contributed by atoms with van der Waals surface area (Å²) < 4.78 is 28.4. The van der Waals surface area contributed by atoms with Gasteiger partial charge in [-0.05, 0) is 63.1 Å². The van der Waals surface area contributed by atoms with E-state index in [1.165, 1.54) is 12.8 Å². The van der Waals surface area contributed by atoms with Crippen molar-refractivity contribution in [2.24, 2.45) is 0 Å². The van der Waals surface area contributed by atoms with Gasteiger partial charge in [0, 0.05) is 25.2 Å². The zero-order chi connectivity index (χ0) is 23.1. The van der Waals surface area contributed by atoms with Crippen molar-refractivity contribution >= 4 is 21.8 Å². The molecule has 2 N–H and O–H groups in total. The van der Waals surface area contributed by atoms with Crippen LogP contribution >= 0.6 is 0 Å². The smallest absolute Gasteiger partial charge is 0.309 e. The van der Waals surface area contributed by atoms with Crippen molar-refractivity contribution in [3.05, 3.63) is 29.3 Å². The van der Waals surface area contributed by atoms with Crippen LogP contribution < -0.4 is 10.6 Å². The molecule has 0 radical (unpaired) electrons. The van der Waals surface area contributed by atoms with Gasteiger partial charge in [0.1, 0.15) is 0 Å². The highest BCUT2D eigenvalue weighted by Crippen LogP contribution is 2.29. The highest BCUT2D eigenvalue weighted by molar-refractivity contribution is 7.89. The van der Waals surface area contributed by atoms with Crippen molar-refractivity contribution in [2.75, 3.05) is 13.1 Å². The lowest BCUT2D eigenvalue weighted by Gasteiger charge is -2.35. The maximum absolute atomic E-state index is 13.4. The molecule has 32 heavy (non-hydrogen) atoms. The SMILES string of the molecule is Cc1ccc(C)c(S(=O)(=O)N2CCCCC2CCNC(=O)C(=O)NC2CCCCCC2)c1. The molecule has 0 spiro atoms. The Kier molecular flexibility index (Phi) is 8.71. The fourth-order valence-corrected chi connectivity index (χ4v) is 6.83. The monoisotopic (exact) mass is 463 g/mol. The topological polar surface area (TPSA) is 95.6 Å². The summed E-state index contributed by atoms with van der Waals surface area (Å²) >= 11 is 0. The molecule has 2 aliphatic rings. The summed E-state index contributed by atoms with van der Waals surface area (Å²) in [5.41, 5.74) is 1.65. The van der Waals surface area contributed by atoms with Crippen LogP contribution in [-0.2, 0) is 19.6 Å². The summed E-state index contributed by atoms with van der Waals surface area (Å²) in [4.78, 5) is 24.9. The average molecular weight is 464 g/mol. The van der Waals surface area contributed by atoms with E-state index in [-0.39, 0.29) is 18.6 Å². The molecule has 1 unspecified atom stereocenters. The second kappa shape index (κ2) is 11.3. The minimum absolute atomic E-state index is 0.0762. The molecule has 7 nitrogen and oxygen atoms in total. The van der Waals surface area contributed by atoms with Gasteiger partial charge in [-0.3, -0.25) is 9.59 Å². The van der Waals surface area contributed by atoms with Crippen LogP contribution in [-0.4, -0.2) is 49.7 Å². The Bertz CT molecular complexity index is 908. The molecule has 1 saturated heterocycles. The van der Waals surface area contributed by atoms with Crippen molar-refractivity contribution in [3.8, 4) is 0 Å². The van der Waals surface area contributed by atoms with Gasteiger partial charge in [-0.1, -0.05) is 44.2 Å². The molecule has 1 saturated carbocycles. The number of sulfonamides is 1. The normalized spacial score (nSPS) is 21.0. The number of hydrogen-bond donors (Lipinski definition) is 2. The minimum atomic E-state index is -3.61. The molecule has 1 aromatic rings. The van der Waals surface area contributed by atoms with Crippen molar-refractivity contribution in [1.82, 2.24) is 14.9 Å². The number of amides is 2. The van der Waals surface area contributed by atoms with Gasteiger partial charge in [0.05, 0.1) is 4.90 Å². The number of nitrogens with one attached hydrogen (secondary N) is 2. The Morgan fingerprint density at radius 2 is 1.66 bits per heavy atom. The molecule has 3 rings (SSSR count). The zero-order valence-corrected chi connectivity index (χ0v) is 20.2. The first-order valence-electron chi connectivity index (χ1n) is 12.0. The Morgan fingerprint density at radius 1 is 0.969 bits per heavy atom. The first-order valence-corrected chi connectivity index (χ1v) is 13.4. The third-order valence-electron chi connectivity index (χ3n) is 6.66. The Hall–Kier alpha value is -1.93. The molecule has 2 amide bonds. The van der Waals surface area contributed by atoms with E-state index in [9.17, 15) is 18.0 Å². The molecule has 1 aliphatic carbocycles. The lowest BCUT2D eigenvalue weighted by molar-refractivity contribution is -0.139. The molecule has 0 aromatic heterocycles. The summed E-state index contributed by atoms with van der Waals surface area (Å²) in [5, 5.41) is 5.55.